The third-order valence-electron chi connectivity index (χ3n) is 2.73. The second-order valence-corrected chi connectivity index (χ2v) is 4.10. The normalized spacial score (nSPS) is 10.4. The van der Waals surface area contributed by atoms with Crippen molar-refractivity contribution in [2.24, 2.45) is 12.9 Å². The number of fused-ring (bicyclic) bond motifs is 1. The zero-order valence-electron chi connectivity index (χ0n) is 10.9. The molecule has 0 atom stereocenters. The van der Waals surface area contributed by atoms with Crippen molar-refractivity contribution in [3.63, 3.8) is 0 Å². The van der Waals surface area contributed by atoms with Gasteiger partial charge in [-0.3, -0.25) is 9.58 Å². The van der Waals surface area contributed by atoms with Gasteiger partial charge >= 0.3 is 0 Å². The number of nitriles is 2. The molecule has 9 nitrogen and oxygen atoms in total. The van der Waals surface area contributed by atoms with Crippen LogP contribution in [0.1, 0.15) is 5.82 Å². The molecular weight excluding hydrogens is 258 g/mol. The van der Waals surface area contributed by atoms with E-state index in [-0.39, 0.29) is 19.6 Å². The third-order valence-corrected chi connectivity index (χ3v) is 2.73. The fourth-order valence-electron chi connectivity index (χ4n) is 1.82. The van der Waals surface area contributed by atoms with Crippen molar-refractivity contribution in [1.82, 2.24) is 24.6 Å². The maximum atomic E-state index is 8.74. The zero-order valence-corrected chi connectivity index (χ0v) is 10.9. The summed E-state index contributed by atoms with van der Waals surface area (Å²) in [5, 5.41) is 22.3. The first-order valence-corrected chi connectivity index (χ1v) is 5.81. The van der Waals surface area contributed by atoms with E-state index in [1.54, 1.807) is 22.8 Å². The quantitative estimate of drug-likeness (QED) is 0.422. The Kier molecular flexibility index (Phi) is 4.05. The van der Waals surface area contributed by atoms with Gasteiger partial charge in [-0.05, 0) is 0 Å². The van der Waals surface area contributed by atoms with Crippen LogP contribution in [-0.4, -0.2) is 37.7 Å². The molecule has 0 saturated carbocycles. The fraction of sp³-hybridized carbons (Fsp3) is 0.364. The Morgan fingerprint density at radius 1 is 1.35 bits per heavy atom. The van der Waals surface area contributed by atoms with Gasteiger partial charge in [0.05, 0.1) is 43.4 Å². The van der Waals surface area contributed by atoms with Gasteiger partial charge in [-0.15, -0.1) is 0 Å². The van der Waals surface area contributed by atoms with Gasteiger partial charge in [-0.2, -0.15) is 15.6 Å². The first-order valence-electron chi connectivity index (χ1n) is 5.81. The van der Waals surface area contributed by atoms with Crippen LogP contribution >= 0.6 is 0 Å². The van der Waals surface area contributed by atoms with Crippen molar-refractivity contribution in [2.45, 2.75) is 6.54 Å². The molecule has 3 N–H and O–H groups in total. The maximum Gasteiger partial charge on any atom is 0.163 e. The molecule has 0 unspecified atom stereocenters. The van der Waals surface area contributed by atoms with Crippen LogP contribution in [0.25, 0.3) is 11.0 Å². The summed E-state index contributed by atoms with van der Waals surface area (Å²) in [6, 6.07) is 4.01. The van der Waals surface area contributed by atoms with Crippen LogP contribution < -0.4 is 11.3 Å². The van der Waals surface area contributed by atoms with Crippen molar-refractivity contribution in [1.29, 1.82) is 10.5 Å². The van der Waals surface area contributed by atoms with Gasteiger partial charge in [-0.25, -0.2) is 15.8 Å². The van der Waals surface area contributed by atoms with Gasteiger partial charge in [-0.1, -0.05) is 0 Å². The van der Waals surface area contributed by atoms with E-state index >= 15 is 0 Å². The second-order valence-electron chi connectivity index (χ2n) is 4.10. The summed E-state index contributed by atoms with van der Waals surface area (Å²) in [6.45, 7) is 0.550. The number of nitrogen functional groups attached to an aromatic ring is 1. The SMILES string of the molecule is Cn1ncc2c(NN)nc(CN(CC#N)CC#N)nc21. The van der Waals surface area contributed by atoms with Crippen LogP contribution in [0.15, 0.2) is 6.20 Å². The van der Waals surface area contributed by atoms with Gasteiger partial charge < -0.3 is 5.43 Å². The van der Waals surface area contributed by atoms with E-state index in [2.05, 4.69) is 20.5 Å². The first-order chi connectivity index (χ1) is 9.69. The number of hydrogen-bond donors (Lipinski definition) is 2. The minimum Gasteiger partial charge on any atom is -0.308 e. The largest absolute Gasteiger partial charge is 0.308 e. The van der Waals surface area contributed by atoms with Crippen LogP contribution in [0, 0.1) is 22.7 Å². The number of rotatable bonds is 5. The molecule has 0 aliphatic rings. The molecule has 0 aliphatic carbocycles. The molecule has 20 heavy (non-hydrogen) atoms. The Balaban J connectivity index is 2.37. The average molecular weight is 271 g/mol. The van der Waals surface area contributed by atoms with Crippen LogP contribution in [0.3, 0.4) is 0 Å². The zero-order chi connectivity index (χ0) is 14.5. The van der Waals surface area contributed by atoms with Gasteiger partial charge in [0.15, 0.2) is 11.5 Å². The molecule has 9 heteroatoms. The highest BCUT2D eigenvalue weighted by atomic mass is 15.3. The molecule has 0 spiro atoms. The summed E-state index contributed by atoms with van der Waals surface area (Å²) >= 11 is 0. The molecule has 2 aromatic heterocycles. The van der Waals surface area contributed by atoms with Crippen LogP contribution in [0.4, 0.5) is 5.82 Å². The summed E-state index contributed by atoms with van der Waals surface area (Å²) in [4.78, 5) is 10.3. The molecule has 0 amide bonds. The Hall–Kier alpha value is -2.75. The molecule has 0 radical (unpaired) electrons. The number of nitrogens with two attached hydrogens (primary N) is 1. The molecule has 0 bridgehead atoms. The number of hydrogen-bond acceptors (Lipinski definition) is 8. The summed E-state index contributed by atoms with van der Waals surface area (Å²) in [5.74, 6) is 6.38. The van der Waals surface area contributed by atoms with E-state index in [1.807, 2.05) is 12.1 Å². The molecule has 2 rings (SSSR count). The van der Waals surface area contributed by atoms with Gasteiger partial charge in [0.2, 0.25) is 0 Å². The number of aromatic nitrogens is 4. The molecule has 2 heterocycles. The number of nitrogens with zero attached hydrogens (tertiary/aromatic N) is 7. The molecule has 102 valence electrons. The second kappa shape index (κ2) is 5.93. The van der Waals surface area contributed by atoms with Gasteiger partial charge in [0.25, 0.3) is 0 Å². The fourth-order valence-corrected chi connectivity index (χ4v) is 1.82. The van der Waals surface area contributed by atoms with Crippen LogP contribution in [-0.2, 0) is 13.6 Å². The minimum atomic E-state index is 0.131. The number of nitrogens with one attached hydrogen (secondary N) is 1. The summed E-state index contributed by atoms with van der Waals surface area (Å²) in [5.41, 5.74) is 3.14. The predicted molar refractivity (Wildman–Crippen MR) is 70.6 cm³/mol. The van der Waals surface area contributed by atoms with Crippen molar-refractivity contribution in [3.8, 4) is 12.1 Å². The van der Waals surface area contributed by atoms with Crippen molar-refractivity contribution < 1.29 is 0 Å². The van der Waals surface area contributed by atoms with Crippen molar-refractivity contribution in [2.75, 3.05) is 18.5 Å². The predicted octanol–water partition coefficient (Wildman–Crippen LogP) is -0.502. The minimum absolute atomic E-state index is 0.131. The molecule has 2 aromatic rings. The number of aryl methyl sites for hydroxylation is 1. The van der Waals surface area contributed by atoms with E-state index in [0.717, 1.165) is 0 Å². The van der Waals surface area contributed by atoms with Crippen molar-refractivity contribution >= 4 is 16.9 Å². The first kappa shape index (κ1) is 13.7. The van der Waals surface area contributed by atoms with Crippen LogP contribution in [0.5, 0.6) is 0 Å². The Morgan fingerprint density at radius 3 is 2.65 bits per heavy atom. The lowest BCUT2D eigenvalue weighted by Crippen LogP contribution is -2.25. The highest BCUT2D eigenvalue weighted by molar-refractivity contribution is 5.86. The highest BCUT2D eigenvalue weighted by Crippen LogP contribution is 2.18. The Morgan fingerprint density at radius 2 is 2.05 bits per heavy atom. The summed E-state index contributed by atoms with van der Waals surface area (Å²) in [6.07, 6.45) is 1.62. The number of hydrazine groups is 1. The Labute approximate surface area is 115 Å². The van der Waals surface area contributed by atoms with Gasteiger partial charge in [0.1, 0.15) is 5.82 Å². The average Bonchev–Trinajstić information content (AvgIpc) is 2.80. The highest BCUT2D eigenvalue weighted by Gasteiger charge is 2.13. The molecule has 0 aromatic carbocycles. The monoisotopic (exact) mass is 271 g/mol. The third kappa shape index (κ3) is 2.64. The maximum absolute atomic E-state index is 8.74. The topological polar surface area (TPSA) is 132 Å². The van der Waals surface area contributed by atoms with Gasteiger partial charge in [0, 0.05) is 7.05 Å². The standard InChI is InChI=1S/C11H13N9/c1-19-11-8(6-15-19)10(18-14)16-9(17-11)7-20(4-2-12)5-3-13/h6H,4-5,7,14H2,1H3,(H,16,17,18). The lowest BCUT2D eigenvalue weighted by molar-refractivity contribution is 0.326. The van der Waals surface area contributed by atoms with E-state index in [0.29, 0.717) is 22.7 Å². The smallest absolute Gasteiger partial charge is 0.163 e. The summed E-state index contributed by atoms with van der Waals surface area (Å²) in [7, 11) is 1.77. The van der Waals surface area contributed by atoms with E-state index in [4.69, 9.17) is 16.4 Å². The Bertz CT molecular complexity index is 674. The van der Waals surface area contributed by atoms with Crippen LogP contribution in [0.2, 0.25) is 0 Å². The lowest BCUT2D eigenvalue weighted by atomic mass is 10.3. The molecule has 0 saturated heterocycles. The van der Waals surface area contributed by atoms with Crippen molar-refractivity contribution in [3.05, 3.63) is 12.0 Å². The molecule has 0 fully saturated rings. The van der Waals surface area contributed by atoms with E-state index in [1.165, 1.54) is 0 Å². The van der Waals surface area contributed by atoms with E-state index < -0.39 is 0 Å². The van der Waals surface area contributed by atoms with E-state index in [9.17, 15) is 0 Å². The molecular formula is C11H13N9. The summed E-state index contributed by atoms with van der Waals surface area (Å²) < 4.78 is 1.61. The lowest BCUT2D eigenvalue weighted by Gasteiger charge is -2.14. The number of anilines is 1. The molecule has 0 aliphatic heterocycles.